The van der Waals surface area contributed by atoms with Crippen molar-refractivity contribution in [3.8, 4) is 11.8 Å². The largest absolute Gasteiger partial charge is 0.493 e. The number of benzene rings is 1. The Balaban J connectivity index is 2.58. The fraction of sp³-hybridized carbons (Fsp3) is 0.588. The molecule has 0 fully saturated rings. The van der Waals surface area contributed by atoms with Crippen molar-refractivity contribution < 1.29 is 4.74 Å². The highest BCUT2D eigenvalue weighted by molar-refractivity contribution is 5.38. The first-order valence-electron chi connectivity index (χ1n) is 6.90. The Morgan fingerprint density at radius 1 is 1.11 bits per heavy atom. The van der Waals surface area contributed by atoms with Crippen LogP contribution in [0.5, 0.6) is 5.75 Å². The lowest BCUT2D eigenvalue weighted by Gasteiger charge is -2.23. The van der Waals surface area contributed by atoms with Crippen LogP contribution in [0.4, 0.5) is 0 Å². The lowest BCUT2D eigenvalue weighted by molar-refractivity contribution is 0.278. The second-order valence-electron chi connectivity index (χ2n) is 6.69. The third kappa shape index (κ3) is 4.95. The highest BCUT2D eigenvalue weighted by Crippen LogP contribution is 2.31. The molecule has 2 heteroatoms. The number of hydrogen-bond donors (Lipinski definition) is 0. The molecule has 0 bridgehead atoms. The first-order valence-corrected chi connectivity index (χ1v) is 6.90. The summed E-state index contributed by atoms with van der Waals surface area (Å²) in [5.74, 6) is 0.963. The second-order valence-corrected chi connectivity index (χ2v) is 6.69. The summed E-state index contributed by atoms with van der Waals surface area (Å²) in [5.41, 5.74) is 1.06. The Hall–Kier alpha value is -1.49. The first kappa shape index (κ1) is 15.6. The molecule has 0 amide bonds. The number of rotatable bonds is 5. The summed E-state index contributed by atoms with van der Waals surface area (Å²) in [7, 11) is 0. The zero-order valence-electron chi connectivity index (χ0n) is 12.8. The summed E-state index contributed by atoms with van der Waals surface area (Å²) in [6, 6.07) is 10.5. The minimum absolute atomic E-state index is 0.0858. The molecule has 0 heterocycles. The van der Waals surface area contributed by atoms with Gasteiger partial charge in [-0.3, -0.25) is 0 Å². The summed E-state index contributed by atoms with van der Waals surface area (Å²) in [5, 5.41) is 8.97. The van der Waals surface area contributed by atoms with Crippen molar-refractivity contribution in [2.45, 2.75) is 52.9 Å². The van der Waals surface area contributed by atoms with Gasteiger partial charge in [-0.2, -0.15) is 5.26 Å². The van der Waals surface area contributed by atoms with E-state index in [1.165, 1.54) is 5.56 Å². The van der Waals surface area contributed by atoms with Gasteiger partial charge in [-0.25, -0.2) is 0 Å². The van der Waals surface area contributed by atoms with Gasteiger partial charge in [-0.15, -0.1) is 0 Å². The van der Waals surface area contributed by atoms with Gasteiger partial charge in [-0.05, 0) is 43.7 Å². The molecule has 104 valence electrons. The molecule has 0 radical (unpaired) electrons. The van der Waals surface area contributed by atoms with E-state index in [1.54, 1.807) is 0 Å². The standard InChI is InChI=1S/C17H25NO/c1-16(2,3)14-9-6-7-10-15(14)19-12-8-11-17(4,5)13-18/h6-7,9-10H,8,11-12H2,1-5H3. The Labute approximate surface area is 117 Å². The summed E-state index contributed by atoms with van der Waals surface area (Å²) < 4.78 is 5.89. The molecule has 0 unspecified atom stereocenters. The second kappa shape index (κ2) is 6.10. The fourth-order valence-corrected chi connectivity index (χ4v) is 1.96. The number of hydrogen-bond acceptors (Lipinski definition) is 2. The highest BCUT2D eigenvalue weighted by atomic mass is 16.5. The van der Waals surface area contributed by atoms with Gasteiger partial charge in [0.05, 0.1) is 18.1 Å². The molecule has 1 aromatic carbocycles. The van der Waals surface area contributed by atoms with E-state index in [0.717, 1.165) is 18.6 Å². The van der Waals surface area contributed by atoms with Crippen LogP contribution in [0, 0.1) is 16.7 Å². The average Bonchev–Trinajstić information content (AvgIpc) is 2.34. The van der Waals surface area contributed by atoms with Crippen LogP contribution in [0.15, 0.2) is 24.3 Å². The maximum Gasteiger partial charge on any atom is 0.123 e. The zero-order valence-corrected chi connectivity index (χ0v) is 12.8. The van der Waals surface area contributed by atoms with Gasteiger partial charge in [0.1, 0.15) is 5.75 Å². The molecule has 1 aromatic rings. The summed E-state index contributed by atoms with van der Waals surface area (Å²) >= 11 is 0. The highest BCUT2D eigenvalue weighted by Gasteiger charge is 2.19. The van der Waals surface area contributed by atoms with Crippen LogP contribution in [-0.2, 0) is 5.41 Å². The van der Waals surface area contributed by atoms with Gasteiger partial charge >= 0.3 is 0 Å². The summed E-state index contributed by atoms with van der Waals surface area (Å²) in [6.07, 6.45) is 1.76. The van der Waals surface area contributed by atoms with Crippen molar-refractivity contribution in [1.82, 2.24) is 0 Å². The average molecular weight is 259 g/mol. The Morgan fingerprint density at radius 2 is 1.74 bits per heavy atom. The van der Waals surface area contributed by atoms with Crippen molar-refractivity contribution in [3.63, 3.8) is 0 Å². The molecular formula is C17H25NO. The van der Waals surface area contributed by atoms with Crippen LogP contribution in [-0.4, -0.2) is 6.61 Å². The third-order valence-corrected chi connectivity index (χ3v) is 3.20. The molecular weight excluding hydrogens is 234 g/mol. The van der Waals surface area contributed by atoms with Crippen LogP contribution >= 0.6 is 0 Å². The minimum Gasteiger partial charge on any atom is -0.493 e. The molecule has 0 aliphatic carbocycles. The number of ether oxygens (including phenoxy) is 1. The maximum absolute atomic E-state index is 8.97. The Bertz CT molecular complexity index is 449. The third-order valence-electron chi connectivity index (χ3n) is 3.20. The number of nitrogens with zero attached hydrogens (tertiary/aromatic N) is 1. The lowest BCUT2D eigenvalue weighted by atomic mass is 9.86. The van der Waals surface area contributed by atoms with Gasteiger partial charge in [-0.1, -0.05) is 39.0 Å². The van der Waals surface area contributed by atoms with Crippen molar-refractivity contribution in [2.24, 2.45) is 5.41 Å². The Kier molecular flexibility index (Phi) is 5.00. The summed E-state index contributed by atoms with van der Waals surface area (Å²) in [4.78, 5) is 0. The molecule has 19 heavy (non-hydrogen) atoms. The minimum atomic E-state index is -0.257. The van der Waals surface area contributed by atoms with Gasteiger partial charge in [0.25, 0.3) is 0 Å². The normalized spacial score (nSPS) is 12.0. The molecule has 0 aliphatic rings. The summed E-state index contributed by atoms with van der Waals surface area (Å²) in [6.45, 7) is 11.2. The molecule has 2 nitrogen and oxygen atoms in total. The van der Waals surface area contributed by atoms with Gasteiger partial charge in [0.2, 0.25) is 0 Å². The van der Waals surface area contributed by atoms with E-state index in [0.29, 0.717) is 6.61 Å². The first-order chi connectivity index (χ1) is 8.76. The number of para-hydroxylation sites is 1. The maximum atomic E-state index is 8.97. The van der Waals surface area contributed by atoms with E-state index in [4.69, 9.17) is 10.00 Å². The van der Waals surface area contributed by atoms with Crippen molar-refractivity contribution in [1.29, 1.82) is 5.26 Å². The van der Waals surface area contributed by atoms with Gasteiger partial charge in [0, 0.05) is 0 Å². The van der Waals surface area contributed by atoms with E-state index in [2.05, 4.69) is 32.9 Å². The zero-order chi connectivity index (χ0) is 14.5. The predicted octanol–water partition coefficient (Wildman–Crippen LogP) is 4.69. The van der Waals surface area contributed by atoms with Gasteiger partial charge in [0.15, 0.2) is 0 Å². The molecule has 0 atom stereocenters. The van der Waals surface area contributed by atoms with Crippen molar-refractivity contribution in [3.05, 3.63) is 29.8 Å². The molecule has 0 aliphatic heterocycles. The van der Waals surface area contributed by atoms with Crippen LogP contribution in [0.25, 0.3) is 0 Å². The van der Waals surface area contributed by atoms with Crippen molar-refractivity contribution >= 4 is 0 Å². The van der Waals surface area contributed by atoms with Crippen LogP contribution in [0.1, 0.15) is 53.0 Å². The van der Waals surface area contributed by atoms with Crippen molar-refractivity contribution in [2.75, 3.05) is 6.61 Å². The fourth-order valence-electron chi connectivity index (χ4n) is 1.96. The molecule has 1 rings (SSSR count). The van der Waals surface area contributed by atoms with Crippen LogP contribution < -0.4 is 4.74 Å². The molecule has 0 spiro atoms. The monoisotopic (exact) mass is 259 g/mol. The molecule has 0 aromatic heterocycles. The Morgan fingerprint density at radius 3 is 2.32 bits per heavy atom. The van der Waals surface area contributed by atoms with E-state index in [1.807, 2.05) is 32.0 Å². The van der Waals surface area contributed by atoms with Crippen LogP contribution in [0.3, 0.4) is 0 Å². The van der Waals surface area contributed by atoms with E-state index >= 15 is 0 Å². The molecule has 0 N–H and O–H groups in total. The van der Waals surface area contributed by atoms with E-state index in [9.17, 15) is 0 Å². The van der Waals surface area contributed by atoms with Gasteiger partial charge < -0.3 is 4.74 Å². The SMILES string of the molecule is CC(C)(C#N)CCCOc1ccccc1C(C)(C)C. The number of nitriles is 1. The van der Waals surface area contributed by atoms with Crippen LogP contribution in [0.2, 0.25) is 0 Å². The lowest BCUT2D eigenvalue weighted by Crippen LogP contribution is -2.14. The quantitative estimate of drug-likeness (QED) is 0.718. The smallest absolute Gasteiger partial charge is 0.123 e. The molecule has 0 saturated heterocycles. The van der Waals surface area contributed by atoms with E-state index in [-0.39, 0.29) is 10.8 Å². The van der Waals surface area contributed by atoms with E-state index < -0.39 is 0 Å². The molecule has 0 saturated carbocycles. The topological polar surface area (TPSA) is 33.0 Å². The predicted molar refractivity (Wildman–Crippen MR) is 79.3 cm³/mol.